The fourth-order valence-corrected chi connectivity index (χ4v) is 5.51. The quantitative estimate of drug-likeness (QED) is 0.608. The van der Waals surface area contributed by atoms with Crippen LogP contribution in [0.2, 0.25) is 19.1 Å². The van der Waals surface area contributed by atoms with Crippen molar-refractivity contribution >= 4 is 14.0 Å². The second-order valence-electron chi connectivity index (χ2n) is 6.51. The van der Waals surface area contributed by atoms with Gasteiger partial charge in [-0.3, -0.25) is 0 Å². The van der Waals surface area contributed by atoms with E-state index in [1.54, 1.807) is 6.92 Å². The number of nitrogens with two attached hydrogens (primary N) is 1. The normalized spacial score (nSPS) is 14.5. The third kappa shape index (κ3) is 5.35. The van der Waals surface area contributed by atoms with Crippen molar-refractivity contribution in [2.75, 3.05) is 5.73 Å². The zero-order valence-corrected chi connectivity index (χ0v) is 14.2. The number of alkyl halides is 3. The Morgan fingerprint density at radius 2 is 1.81 bits per heavy atom. The average Bonchev–Trinajstić information content (AvgIpc) is 2.27. The molecule has 0 aliphatic rings. The molecular formula is C15H24F3NOSi. The molecule has 2 nitrogen and oxygen atoms in total. The Balaban J connectivity index is 3.10. The van der Waals surface area contributed by atoms with Gasteiger partial charge >= 0.3 is 6.18 Å². The molecule has 1 aromatic rings. The van der Waals surface area contributed by atoms with Gasteiger partial charge < -0.3 is 10.2 Å². The van der Waals surface area contributed by atoms with Crippen LogP contribution in [0.1, 0.15) is 31.1 Å². The molecule has 0 bridgehead atoms. The molecule has 0 amide bonds. The van der Waals surface area contributed by atoms with E-state index in [2.05, 4.69) is 0 Å². The summed E-state index contributed by atoms with van der Waals surface area (Å²) in [4.78, 5) is 0. The Labute approximate surface area is 125 Å². The van der Waals surface area contributed by atoms with Crippen molar-refractivity contribution in [1.82, 2.24) is 0 Å². The van der Waals surface area contributed by atoms with Crippen LogP contribution in [0.3, 0.4) is 0 Å². The molecule has 0 heterocycles. The number of rotatable bonds is 5. The highest BCUT2D eigenvalue weighted by Gasteiger charge is 2.45. The van der Waals surface area contributed by atoms with Gasteiger partial charge in [-0.2, -0.15) is 13.2 Å². The third-order valence-electron chi connectivity index (χ3n) is 3.23. The van der Waals surface area contributed by atoms with Crippen molar-refractivity contribution in [1.29, 1.82) is 0 Å². The molecule has 1 aromatic carbocycles. The van der Waals surface area contributed by atoms with Gasteiger partial charge in [0.25, 0.3) is 0 Å². The lowest BCUT2D eigenvalue weighted by molar-refractivity contribution is -0.200. The molecule has 6 heteroatoms. The van der Waals surface area contributed by atoms with Crippen LogP contribution in [0.25, 0.3) is 0 Å². The molecule has 120 valence electrons. The smallest absolute Gasteiger partial charge is 0.402 e. The van der Waals surface area contributed by atoms with Gasteiger partial charge in [-0.1, -0.05) is 26.0 Å². The van der Waals surface area contributed by atoms with Gasteiger partial charge in [0.1, 0.15) is 0 Å². The number of hydrogen-bond donors (Lipinski definition) is 1. The number of benzene rings is 1. The van der Waals surface area contributed by atoms with Crippen LogP contribution in [-0.4, -0.2) is 14.5 Å². The van der Waals surface area contributed by atoms with Gasteiger partial charge in [0.2, 0.25) is 0 Å². The van der Waals surface area contributed by atoms with Crippen molar-refractivity contribution in [3.05, 3.63) is 29.3 Å². The number of hydrogen-bond acceptors (Lipinski definition) is 2. The summed E-state index contributed by atoms with van der Waals surface area (Å²) < 4.78 is 45.7. The van der Waals surface area contributed by atoms with Crippen molar-refractivity contribution in [3.8, 4) is 0 Å². The van der Waals surface area contributed by atoms with E-state index in [4.69, 9.17) is 10.2 Å². The van der Waals surface area contributed by atoms with Crippen LogP contribution in [0.5, 0.6) is 0 Å². The molecule has 0 radical (unpaired) electrons. The topological polar surface area (TPSA) is 35.2 Å². The molecule has 0 aliphatic heterocycles. The largest absolute Gasteiger partial charge is 0.417 e. The summed E-state index contributed by atoms with van der Waals surface area (Å²) in [6.07, 6.45) is -6.30. The highest BCUT2D eigenvalue weighted by Crippen LogP contribution is 2.39. The zero-order chi connectivity index (χ0) is 16.4. The lowest BCUT2D eigenvalue weighted by Gasteiger charge is -2.32. The molecule has 0 aliphatic carbocycles. The van der Waals surface area contributed by atoms with Crippen molar-refractivity contribution < 1.29 is 17.6 Å². The predicted octanol–water partition coefficient (Wildman–Crippen LogP) is 5.06. The summed E-state index contributed by atoms with van der Waals surface area (Å²) >= 11 is 0. The highest BCUT2D eigenvalue weighted by molar-refractivity contribution is 6.71. The summed E-state index contributed by atoms with van der Waals surface area (Å²) in [6.45, 7) is 9.34. The molecule has 1 rings (SSSR count). The van der Waals surface area contributed by atoms with E-state index in [1.807, 2.05) is 26.9 Å². The minimum atomic E-state index is -4.43. The summed E-state index contributed by atoms with van der Waals surface area (Å²) in [7, 11) is -2.40. The first-order chi connectivity index (χ1) is 9.42. The molecule has 21 heavy (non-hydrogen) atoms. The van der Waals surface area contributed by atoms with Gasteiger partial charge in [-0.15, -0.1) is 0 Å². The Bertz CT molecular complexity index is 486. The highest BCUT2D eigenvalue weighted by atomic mass is 28.4. The van der Waals surface area contributed by atoms with Gasteiger partial charge in [-0.25, -0.2) is 0 Å². The SMILES string of the molecule is Cc1cc(C(O[Si](C)(C)CC(C)C)C(F)(F)F)ccc1N. The number of anilines is 1. The summed E-state index contributed by atoms with van der Waals surface area (Å²) in [5.41, 5.74) is 6.92. The molecule has 1 atom stereocenters. The van der Waals surface area contributed by atoms with Crippen LogP contribution >= 0.6 is 0 Å². The van der Waals surface area contributed by atoms with Gasteiger partial charge in [-0.05, 0) is 49.2 Å². The maximum atomic E-state index is 13.4. The summed E-state index contributed by atoms with van der Waals surface area (Å²) in [5.74, 6) is 0.314. The van der Waals surface area contributed by atoms with Crippen LogP contribution in [0.4, 0.5) is 18.9 Å². The lowest BCUT2D eigenvalue weighted by Crippen LogP contribution is -2.38. The molecule has 2 N–H and O–H groups in total. The predicted molar refractivity (Wildman–Crippen MR) is 82.6 cm³/mol. The van der Waals surface area contributed by atoms with Crippen LogP contribution < -0.4 is 5.73 Å². The van der Waals surface area contributed by atoms with Gasteiger partial charge in [0.05, 0.1) is 0 Å². The molecule has 0 aromatic heterocycles. The first-order valence-electron chi connectivity index (χ1n) is 7.03. The molecule has 0 fully saturated rings. The monoisotopic (exact) mass is 319 g/mol. The van der Waals surface area contributed by atoms with Crippen LogP contribution in [0.15, 0.2) is 18.2 Å². The lowest BCUT2D eigenvalue weighted by atomic mass is 10.1. The van der Waals surface area contributed by atoms with Crippen molar-refractivity contribution in [2.45, 2.75) is 52.2 Å². The van der Waals surface area contributed by atoms with Gasteiger partial charge in [0.15, 0.2) is 14.4 Å². The van der Waals surface area contributed by atoms with Crippen molar-refractivity contribution in [3.63, 3.8) is 0 Å². The minimum absolute atomic E-state index is 0.124. The second kappa shape index (κ2) is 6.40. The van der Waals surface area contributed by atoms with E-state index in [-0.39, 0.29) is 5.56 Å². The molecule has 1 unspecified atom stereocenters. The number of halogens is 3. The number of nitrogen functional groups attached to an aromatic ring is 1. The third-order valence-corrected chi connectivity index (χ3v) is 5.90. The summed E-state index contributed by atoms with van der Waals surface area (Å²) in [6, 6.07) is 5.06. The van der Waals surface area contributed by atoms with E-state index < -0.39 is 20.6 Å². The van der Waals surface area contributed by atoms with Crippen molar-refractivity contribution in [2.24, 2.45) is 5.92 Å². The molecule has 0 spiro atoms. The zero-order valence-electron chi connectivity index (χ0n) is 13.2. The fraction of sp³-hybridized carbons (Fsp3) is 0.600. The Morgan fingerprint density at radius 3 is 2.24 bits per heavy atom. The Morgan fingerprint density at radius 1 is 1.24 bits per heavy atom. The first-order valence-corrected chi connectivity index (χ1v) is 10.1. The maximum Gasteiger partial charge on any atom is 0.417 e. The second-order valence-corrected chi connectivity index (χ2v) is 10.7. The Hall–Kier alpha value is -1.01. The molecule has 0 saturated heterocycles. The molecular weight excluding hydrogens is 295 g/mol. The van der Waals surface area contributed by atoms with E-state index in [0.29, 0.717) is 23.2 Å². The molecule has 0 saturated carbocycles. The van der Waals surface area contributed by atoms with E-state index in [1.165, 1.54) is 18.2 Å². The minimum Gasteiger partial charge on any atom is -0.402 e. The fourth-order valence-electron chi connectivity index (χ4n) is 2.54. The first kappa shape index (κ1) is 18.0. The van der Waals surface area contributed by atoms with Crippen LogP contribution in [0, 0.1) is 12.8 Å². The van der Waals surface area contributed by atoms with Gasteiger partial charge in [0, 0.05) is 5.69 Å². The Kier molecular flexibility index (Phi) is 5.49. The van der Waals surface area contributed by atoms with Crippen LogP contribution in [-0.2, 0) is 4.43 Å². The standard InChI is InChI=1S/C15H24F3NOSi/c1-10(2)9-21(4,5)20-14(15(16,17)18)12-6-7-13(19)11(3)8-12/h6-8,10,14H,9,19H2,1-5H3. The summed E-state index contributed by atoms with van der Waals surface area (Å²) in [5, 5.41) is 0. The van der Waals surface area contributed by atoms with E-state index in [0.717, 1.165) is 0 Å². The average molecular weight is 319 g/mol. The van der Waals surface area contributed by atoms with E-state index >= 15 is 0 Å². The number of aryl methyl sites for hydroxylation is 1. The van der Waals surface area contributed by atoms with E-state index in [9.17, 15) is 13.2 Å². The maximum absolute atomic E-state index is 13.4.